The van der Waals surface area contributed by atoms with Crippen LogP contribution in [0.5, 0.6) is 0 Å². The van der Waals surface area contributed by atoms with Gasteiger partial charge in [-0.2, -0.15) is 0 Å². The molecule has 3 nitrogen and oxygen atoms in total. The van der Waals surface area contributed by atoms with Gasteiger partial charge in [0, 0.05) is 5.56 Å². The summed E-state index contributed by atoms with van der Waals surface area (Å²) >= 11 is 0. The molecule has 90 valence electrons. The van der Waals surface area contributed by atoms with Gasteiger partial charge in [0.1, 0.15) is 6.29 Å². The van der Waals surface area contributed by atoms with Crippen molar-refractivity contribution in [2.24, 2.45) is 0 Å². The summed E-state index contributed by atoms with van der Waals surface area (Å²) in [5, 5.41) is 8.96. The Hall–Kier alpha value is -2.42. The van der Waals surface area contributed by atoms with Crippen LogP contribution in [0.15, 0.2) is 42.5 Å². The van der Waals surface area contributed by atoms with Gasteiger partial charge in [-0.05, 0) is 41.8 Å². The number of aldehydes is 1. The van der Waals surface area contributed by atoms with Crippen LogP contribution in [0.1, 0.15) is 26.3 Å². The Labute approximate surface area is 105 Å². The van der Waals surface area contributed by atoms with E-state index in [0.717, 1.165) is 23.0 Å². The molecule has 0 radical (unpaired) electrons. The molecule has 0 aliphatic rings. The van der Waals surface area contributed by atoms with Gasteiger partial charge in [0.15, 0.2) is 0 Å². The van der Waals surface area contributed by atoms with E-state index in [-0.39, 0.29) is 5.56 Å². The number of carbonyl (C=O) groups is 2. The van der Waals surface area contributed by atoms with Crippen molar-refractivity contribution in [1.82, 2.24) is 0 Å². The van der Waals surface area contributed by atoms with Gasteiger partial charge in [-0.25, -0.2) is 4.79 Å². The minimum absolute atomic E-state index is 0.256. The third-order valence-corrected chi connectivity index (χ3v) is 2.81. The van der Waals surface area contributed by atoms with Crippen molar-refractivity contribution < 1.29 is 14.7 Å². The third kappa shape index (κ3) is 2.30. The maximum Gasteiger partial charge on any atom is 0.335 e. The van der Waals surface area contributed by atoms with Gasteiger partial charge in [-0.15, -0.1) is 0 Å². The number of hydrogen-bond donors (Lipinski definition) is 1. The molecular formula is C15H12O3. The molecule has 18 heavy (non-hydrogen) atoms. The Balaban J connectivity index is 2.51. The van der Waals surface area contributed by atoms with Crippen molar-refractivity contribution >= 4 is 12.3 Å². The van der Waals surface area contributed by atoms with E-state index in [2.05, 4.69) is 0 Å². The van der Waals surface area contributed by atoms with Crippen LogP contribution in [0.4, 0.5) is 0 Å². The maximum atomic E-state index is 10.9. The van der Waals surface area contributed by atoms with E-state index in [1.165, 1.54) is 0 Å². The molecule has 0 amide bonds. The van der Waals surface area contributed by atoms with Crippen LogP contribution < -0.4 is 0 Å². The predicted octanol–water partition coefficient (Wildman–Crippen LogP) is 3.17. The fraction of sp³-hybridized carbons (Fsp3) is 0.0667. The van der Waals surface area contributed by atoms with Crippen LogP contribution in [-0.2, 0) is 0 Å². The lowest BCUT2D eigenvalue weighted by Crippen LogP contribution is -1.96. The highest BCUT2D eigenvalue weighted by molar-refractivity contribution is 5.89. The molecule has 0 fully saturated rings. The first-order valence-electron chi connectivity index (χ1n) is 5.51. The Morgan fingerprint density at radius 1 is 1.17 bits per heavy atom. The van der Waals surface area contributed by atoms with Gasteiger partial charge in [-0.1, -0.05) is 24.3 Å². The second-order valence-electron chi connectivity index (χ2n) is 4.08. The molecule has 0 bridgehead atoms. The SMILES string of the molecule is Cc1cc(C=O)ccc1-c1cccc(C(=O)O)c1. The quantitative estimate of drug-likeness (QED) is 0.838. The highest BCUT2D eigenvalue weighted by atomic mass is 16.4. The Morgan fingerprint density at radius 2 is 1.94 bits per heavy atom. The van der Waals surface area contributed by atoms with Crippen molar-refractivity contribution in [3.8, 4) is 11.1 Å². The van der Waals surface area contributed by atoms with Crippen molar-refractivity contribution in [1.29, 1.82) is 0 Å². The zero-order valence-corrected chi connectivity index (χ0v) is 9.88. The highest BCUT2D eigenvalue weighted by Gasteiger charge is 2.07. The second-order valence-corrected chi connectivity index (χ2v) is 4.08. The molecule has 3 heteroatoms. The van der Waals surface area contributed by atoms with Crippen LogP contribution in [-0.4, -0.2) is 17.4 Å². The molecule has 0 aliphatic heterocycles. The van der Waals surface area contributed by atoms with E-state index in [9.17, 15) is 9.59 Å². The topological polar surface area (TPSA) is 54.4 Å². The van der Waals surface area contributed by atoms with Crippen LogP contribution in [0.2, 0.25) is 0 Å². The number of aromatic carboxylic acids is 1. The van der Waals surface area contributed by atoms with E-state index in [1.807, 2.05) is 19.1 Å². The molecule has 0 aliphatic carbocycles. The lowest BCUT2D eigenvalue weighted by atomic mass is 9.97. The van der Waals surface area contributed by atoms with E-state index in [4.69, 9.17) is 5.11 Å². The molecule has 0 heterocycles. The number of rotatable bonds is 3. The third-order valence-electron chi connectivity index (χ3n) is 2.81. The summed E-state index contributed by atoms with van der Waals surface area (Å²) in [5.41, 5.74) is 3.59. The zero-order chi connectivity index (χ0) is 13.1. The molecule has 1 N–H and O–H groups in total. The molecule has 0 atom stereocenters. The highest BCUT2D eigenvalue weighted by Crippen LogP contribution is 2.24. The first-order chi connectivity index (χ1) is 8.61. The van der Waals surface area contributed by atoms with Gasteiger partial charge in [0.05, 0.1) is 5.56 Å². The van der Waals surface area contributed by atoms with Crippen LogP contribution in [0.25, 0.3) is 11.1 Å². The fourth-order valence-corrected chi connectivity index (χ4v) is 1.90. The summed E-state index contributed by atoms with van der Waals surface area (Å²) in [4.78, 5) is 21.6. The minimum atomic E-state index is -0.945. The first-order valence-corrected chi connectivity index (χ1v) is 5.51. The van der Waals surface area contributed by atoms with Crippen LogP contribution in [0.3, 0.4) is 0 Å². The summed E-state index contributed by atoms with van der Waals surface area (Å²) < 4.78 is 0. The van der Waals surface area contributed by atoms with E-state index in [1.54, 1.807) is 30.3 Å². The number of carboxylic acids is 1. The lowest BCUT2D eigenvalue weighted by molar-refractivity contribution is 0.0696. The van der Waals surface area contributed by atoms with Gasteiger partial charge in [0.2, 0.25) is 0 Å². The van der Waals surface area contributed by atoms with Crippen LogP contribution >= 0.6 is 0 Å². The average molecular weight is 240 g/mol. The molecule has 0 saturated carbocycles. The second kappa shape index (κ2) is 4.84. The standard InChI is InChI=1S/C15H12O3/c1-10-7-11(9-16)5-6-14(10)12-3-2-4-13(8-12)15(17)18/h2-9H,1H3,(H,17,18). The molecule has 2 aromatic carbocycles. The summed E-state index contributed by atoms with van der Waals surface area (Å²) in [6.45, 7) is 1.90. The number of aryl methyl sites for hydroxylation is 1. The summed E-state index contributed by atoms with van der Waals surface area (Å²) in [6, 6.07) is 12.1. The van der Waals surface area contributed by atoms with Crippen molar-refractivity contribution in [2.75, 3.05) is 0 Å². The predicted molar refractivity (Wildman–Crippen MR) is 69.0 cm³/mol. The normalized spacial score (nSPS) is 10.1. The molecule has 2 aromatic rings. The summed E-state index contributed by atoms with van der Waals surface area (Å²) in [7, 11) is 0. The van der Waals surface area contributed by atoms with Crippen molar-refractivity contribution in [3.05, 3.63) is 59.2 Å². The largest absolute Gasteiger partial charge is 0.478 e. The first kappa shape index (κ1) is 12.0. The Morgan fingerprint density at radius 3 is 2.56 bits per heavy atom. The average Bonchev–Trinajstić information content (AvgIpc) is 2.38. The van der Waals surface area contributed by atoms with Gasteiger partial charge >= 0.3 is 5.97 Å². The minimum Gasteiger partial charge on any atom is -0.478 e. The van der Waals surface area contributed by atoms with E-state index < -0.39 is 5.97 Å². The van der Waals surface area contributed by atoms with Crippen molar-refractivity contribution in [3.63, 3.8) is 0 Å². The fourth-order valence-electron chi connectivity index (χ4n) is 1.90. The van der Waals surface area contributed by atoms with Crippen molar-refractivity contribution in [2.45, 2.75) is 6.92 Å². The lowest BCUT2D eigenvalue weighted by Gasteiger charge is -2.07. The maximum absolute atomic E-state index is 10.9. The van der Waals surface area contributed by atoms with Gasteiger partial charge in [-0.3, -0.25) is 4.79 Å². The number of benzene rings is 2. The molecule has 2 rings (SSSR count). The number of carboxylic acid groups (broad SMARTS) is 1. The molecule has 0 spiro atoms. The number of carbonyl (C=O) groups excluding carboxylic acids is 1. The molecule has 0 unspecified atom stereocenters. The Bertz CT molecular complexity index is 615. The molecule has 0 saturated heterocycles. The van der Waals surface area contributed by atoms with Gasteiger partial charge < -0.3 is 5.11 Å². The Kier molecular flexibility index (Phi) is 3.24. The number of hydrogen-bond acceptors (Lipinski definition) is 2. The zero-order valence-electron chi connectivity index (χ0n) is 9.88. The van der Waals surface area contributed by atoms with E-state index >= 15 is 0 Å². The smallest absolute Gasteiger partial charge is 0.335 e. The van der Waals surface area contributed by atoms with Gasteiger partial charge in [0.25, 0.3) is 0 Å². The summed E-state index contributed by atoms with van der Waals surface area (Å²) in [6.07, 6.45) is 0.796. The monoisotopic (exact) mass is 240 g/mol. The molecule has 0 aromatic heterocycles. The summed E-state index contributed by atoms with van der Waals surface area (Å²) in [5.74, 6) is -0.945. The van der Waals surface area contributed by atoms with Crippen LogP contribution in [0, 0.1) is 6.92 Å². The van der Waals surface area contributed by atoms with E-state index in [0.29, 0.717) is 5.56 Å². The molecular weight excluding hydrogens is 228 g/mol.